The van der Waals surface area contributed by atoms with Crippen LogP contribution in [-0.2, 0) is 25.5 Å². The van der Waals surface area contributed by atoms with Gasteiger partial charge in [-0.3, -0.25) is 19.7 Å². The molecule has 1 aromatic heterocycles. The highest BCUT2D eigenvalue weighted by Crippen LogP contribution is 2.16. The van der Waals surface area contributed by atoms with Gasteiger partial charge in [-0.2, -0.15) is 5.10 Å². The minimum absolute atomic E-state index is 0.0667. The Balaban J connectivity index is 1.91. The van der Waals surface area contributed by atoms with Gasteiger partial charge in [-0.25, -0.2) is 10.4 Å². The highest BCUT2D eigenvalue weighted by atomic mass is 32.1. The molecule has 0 saturated heterocycles. The van der Waals surface area contributed by atoms with Crippen molar-refractivity contribution in [3.63, 3.8) is 0 Å². The summed E-state index contributed by atoms with van der Waals surface area (Å²) in [6, 6.07) is 0. The van der Waals surface area contributed by atoms with Crippen LogP contribution < -0.4 is 10.7 Å². The molecule has 0 bridgehead atoms. The number of carbonyl (C=O) groups excluding carboxylic acids is 3. The zero-order valence-electron chi connectivity index (χ0n) is 11.3. The first kappa shape index (κ1) is 15.1. The molecule has 2 rings (SSSR count). The fourth-order valence-corrected chi connectivity index (χ4v) is 2.32. The predicted octanol–water partition coefficient (Wildman–Crippen LogP) is 0.453. The van der Waals surface area contributed by atoms with E-state index >= 15 is 0 Å². The van der Waals surface area contributed by atoms with Crippen molar-refractivity contribution < 1.29 is 19.1 Å². The lowest BCUT2D eigenvalue weighted by atomic mass is 10.2. The van der Waals surface area contributed by atoms with Gasteiger partial charge >= 0.3 is 5.97 Å². The number of ether oxygens (including phenoxy) is 1. The summed E-state index contributed by atoms with van der Waals surface area (Å²) in [4.78, 5) is 38.3. The minimum Gasteiger partial charge on any atom is -0.466 e. The van der Waals surface area contributed by atoms with Crippen molar-refractivity contribution in [2.24, 2.45) is 5.10 Å². The topological polar surface area (TPSA) is 110 Å². The smallest absolute Gasteiger partial charge is 0.311 e. The molecule has 0 aliphatic carbocycles. The van der Waals surface area contributed by atoms with Crippen molar-refractivity contribution in [3.8, 4) is 0 Å². The molecule has 1 aromatic rings. The lowest BCUT2D eigenvalue weighted by Gasteiger charge is -2.10. The fourth-order valence-electron chi connectivity index (χ4n) is 1.61. The Morgan fingerprint density at radius 1 is 1.48 bits per heavy atom. The van der Waals surface area contributed by atoms with Crippen LogP contribution in [0.5, 0.6) is 0 Å². The average Bonchev–Trinajstić information content (AvgIpc) is 2.86. The van der Waals surface area contributed by atoms with Crippen molar-refractivity contribution in [1.29, 1.82) is 0 Å². The molecular formula is C12H14N4O4S. The molecule has 9 heteroatoms. The summed E-state index contributed by atoms with van der Waals surface area (Å²) in [7, 11) is 0. The molecule has 1 aliphatic rings. The average molecular weight is 310 g/mol. The molecule has 2 N–H and O–H groups in total. The second-order valence-corrected chi connectivity index (χ2v) is 5.03. The van der Waals surface area contributed by atoms with Gasteiger partial charge in [0.15, 0.2) is 5.13 Å². The van der Waals surface area contributed by atoms with Crippen LogP contribution >= 0.6 is 11.3 Å². The summed E-state index contributed by atoms with van der Waals surface area (Å²) in [5.74, 6) is -0.982. The maximum atomic E-state index is 11.9. The lowest BCUT2D eigenvalue weighted by Crippen LogP contribution is -2.32. The van der Waals surface area contributed by atoms with Crippen LogP contribution in [0.4, 0.5) is 5.13 Å². The normalized spacial score (nSPS) is 14.1. The molecule has 0 radical (unpaired) electrons. The third kappa shape index (κ3) is 4.35. The van der Waals surface area contributed by atoms with Gasteiger partial charge in [0.05, 0.1) is 18.7 Å². The molecule has 8 nitrogen and oxygen atoms in total. The van der Waals surface area contributed by atoms with E-state index in [4.69, 9.17) is 4.74 Å². The van der Waals surface area contributed by atoms with Crippen LogP contribution in [-0.4, -0.2) is 35.1 Å². The predicted molar refractivity (Wildman–Crippen MR) is 75.9 cm³/mol. The number of esters is 1. The number of carbonyl (C=O) groups is 3. The molecule has 21 heavy (non-hydrogen) atoms. The van der Waals surface area contributed by atoms with Crippen molar-refractivity contribution in [2.45, 2.75) is 26.2 Å². The SMILES string of the molecule is CCOC(=O)Cc1csc(NC(=O)C2=NNC(=O)CC2)n1. The van der Waals surface area contributed by atoms with Crippen molar-refractivity contribution in [1.82, 2.24) is 10.4 Å². The Kier molecular flexibility index (Phi) is 4.99. The highest BCUT2D eigenvalue weighted by Gasteiger charge is 2.19. The first-order valence-corrected chi connectivity index (χ1v) is 7.23. The van der Waals surface area contributed by atoms with Gasteiger partial charge < -0.3 is 4.74 Å². The second-order valence-electron chi connectivity index (χ2n) is 4.17. The summed E-state index contributed by atoms with van der Waals surface area (Å²) < 4.78 is 4.82. The Labute approximate surface area is 124 Å². The van der Waals surface area contributed by atoms with Crippen molar-refractivity contribution in [2.75, 3.05) is 11.9 Å². The Morgan fingerprint density at radius 2 is 2.29 bits per heavy atom. The third-order valence-electron chi connectivity index (χ3n) is 2.57. The number of nitrogens with one attached hydrogen (secondary N) is 2. The summed E-state index contributed by atoms with van der Waals surface area (Å²) in [5, 5.41) is 8.33. The van der Waals surface area contributed by atoms with Gasteiger partial charge in [0.1, 0.15) is 5.71 Å². The van der Waals surface area contributed by atoms with Gasteiger partial charge in [-0.1, -0.05) is 0 Å². The van der Waals surface area contributed by atoms with Gasteiger partial charge in [-0.15, -0.1) is 11.3 Å². The number of hydrazone groups is 1. The molecule has 0 unspecified atom stereocenters. The van der Waals surface area contributed by atoms with E-state index < -0.39 is 5.91 Å². The summed E-state index contributed by atoms with van der Waals surface area (Å²) in [6.07, 6.45) is 0.591. The second kappa shape index (κ2) is 6.93. The minimum atomic E-state index is -0.410. The molecule has 0 aromatic carbocycles. The van der Waals surface area contributed by atoms with Crippen molar-refractivity contribution >= 4 is 40.0 Å². The Bertz CT molecular complexity index is 596. The van der Waals surface area contributed by atoms with E-state index in [9.17, 15) is 14.4 Å². The Hall–Kier alpha value is -2.29. The van der Waals surface area contributed by atoms with E-state index in [1.54, 1.807) is 12.3 Å². The maximum absolute atomic E-state index is 11.9. The van der Waals surface area contributed by atoms with E-state index in [1.807, 2.05) is 0 Å². The molecule has 2 amide bonds. The van der Waals surface area contributed by atoms with Gasteiger partial charge in [0.25, 0.3) is 5.91 Å². The summed E-state index contributed by atoms with van der Waals surface area (Å²) in [6.45, 7) is 2.05. The number of anilines is 1. The number of hydrogen-bond donors (Lipinski definition) is 2. The molecule has 0 atom stereocenters. The van der Waals surface area contributed by atoms with Gasteiger partial charge in [0.2, 0.25) is 5.91 Å². The molecule has 1 aliphatic heterocycles. The fraction of sp³-hybridized carbons (Fsp3) is 0.417. The summed E-state index contributed by atoms with van der Waals surface area (Å²) >= 11 is 1.21. The first-order chi connectivity index (χ1) is 10.1. The lowest BCUT2D eigenvalue weighted by molar-refractivity contribution is -0.142. The maximum Gasteiger partial charge on any atom is 0.311 e. The number of rotatable bonds is 5. The zero-order valence-corrected chi connectivity index (χ0v) is 12.2. The van der Waals surface area contributed by atoms with E-state index in [1.165, 1.54) is 11.3 Å². The quantitative estimate of drug-likeness (QED) is 0.767. The summed E-state index contributed by atoms with van der Waals surface area (Å²) in [5.41, 5.74) is 3.04. The van der Waals surface area contributed by atoms with E-state index in [0.29, 0.717) is 23.9 Å². The van der Waals surface area contributed by atoms with Crippen LogP contribution in [0, 0.1) is 0 Å². The van der Waals surface area contributed by atoms with E-state index in [-0.39, 0.29) is 30.4 Å². The molecule has 2 heterocycles. The molecule has 0 fully saturated rings. The molecule has 0 saturated carbocycles. The van der Waals surface area contributed by atoms with E-state index in [2.05, 4.69) is 20.8 Å². The number of thiazole rings is 1. The van der Waals surface area contributed by atoms with Crippen LogP contribution in [0.15, 0.2) is 10.5 Å². The van der Waals surface area contributed by atoms with Crippen LogP contribution in [0.3, 0.4) is 0 Å². The van der Waals surface area contributed by atoms with Crippen molar-refractivity contribution in [3.05, 3.63) is 11.1 Å². The number of aromatic nitrogens is 1. The van der Waals surface area contributed by atoms with Gasteiger partial charge in [0, 0.05) is 18.2 Å². The van der Waals surface area contributed by atoms with E-state index in [0.717, 1.165) is 0 Å². The molecule has 0 spiro atoms. The molecular weight excluding hydrogens is 296 g/mol. The van der Waals surface area contributed by atoms with Crippen LogP contribution in [0.1, 0.15) is 25.5 Å². The standard InChI is InChI=1S/C12H14N4O4S/c1-2-20-10(18)5-7-6-21-12(13-7)14-11(19)8-3-4-9(17)16-15-8/h6H,2-5H2,1H3,(H,16,17)(H,13,14,19). The van der Waals surface area contributed by atoms with Crippen LogP contribution in [0.25, 0.3) is 0 Å². The number of nitrogens with zero attached hydrogens (tertiary/aromatic N) is 2. The Morgan fingerprint density at radius 3 is 2.95 bits per heavy atom. The number of amides is 2. The third-order valence-corrected chi connectivity index (χ3v) is 3.38. The monoisotopic (exact) mass is 310 g/mol. The van der Waals surface area contributed by atoms with Gasteiger partial charge in [-0.05, 0) is 6.92 Å². The molecule has 112 valence electrons. The number of hydrogen-bond acceptors (Lipinski definition) is 7. The first-order valence-electron chi connectivity index (χ1n) is 6.35. The zero-order chi connectivity index (χ0) is 15.2. The van der Waals surface area contributed by atoms with Crippen LogP contribution in [0.2, 0.25) is 0 Å². The highest BCUT2D eigenvalue weighted by molar-refractivity contribution is 7.14. The largest absolute Gasteiger partial charge is 0.466 e.